The van der Waals surface area contributed by atoms with Crippen LogP contribution in [0.2, 0.25) is 0 Å². The van der Waals surface area contributed by atoms with Crippen LogP contribution in [0.5, 0.6) is 0 Å². The van der Waals surface area contributed by atoms with Crippen LogP contribution in [0.4, 0.5) is 0 Å². The summed E-state index contributed by atoms with van der Waals surface area (Å²) in [6.45, 7) is 6.12. The van der Waals surface area contributed by atoms with Gasteiger partial charge in [-0.3, -0.25) is 14.2 Å². The molecule has 2 aromatic rings. The fraction of sp³-hybridized carbons (Fsp3) is 0.526. The Morgan fingerprint density at radius 3 is 2.76 bits per heavy atom. The number of thioether (sulfide) groups is 1. The summed E-state index contributed by atoms with van der Waals surface area (Å²) in [4.78, 5) is 29.7. The molecule has 1 aromatic carbocycles. The average Bonchev–Trinajstić information content (AvgIpc) is 3.44. The molecule has 0 bridgehead atoms. The van der Waals surface area contributed by atoms with E-state index in [0.717, 1.165) is 6.42 Å². The summed E-state index contributed by atoms with van der Waals surface area (Å²) < 4.78 is 1.73. The molecule has 2 atom stereocenters. The molecule has 1 N–H and O–H groups in total. The van der Waals surface area contributed by atoms with Gasteiger partial charge in [-0.1, -0.05) is 30.8 Å². The number of hydrogen-bond acceptors (Lipinski definition) is 4. The molecule has 1 saturated carbocycles. The first-order chi connectivity index (χ1) is 12.0. The van der Waals surface area contributed by atoms with Crippen LogP contribution in [0.3, 0.4) is 0 Å². The molecule has 1 aromatic heterocycles. The van der Waals surface area contributed by atoms with E-state index in [1.807, 2.05) is 38.1 Å². The van der Waals surface area contributed by atoms with Crippen molar-refractivity contribution in [2.75, 3.05) is 5.75 Å². The largest absolute Gasteiger partial charge is 0.353 e. The van der Waals surface area contributed by atoms with Crippen LogP contribution in [-0.4, -0.2) is 27.3 Å². The van der Waals surface area contributed by atoms with Crippen LogP contribution in [0.1, 0.15) is 46.1 Å². The Morgan fingerprint density at radius 2 is 2.08 bits per heavy atom. The minimum absolute atomic E-state index is 0.00232. The third kappa shape index (κ3) is 4.06. The van der Waals surface area contributed by atoms with Crippen molar-refractivity contribution in [3.05, 3.63) is 34.6 Å². The molecular weight excluding hydrogens is 334 g/mol. The normalized spacial score (nSPS) is 16.6. The molecule has 0 radical (unpaired) electrons. The number of rotatable bonds is 7. The maximum atomic E-state index is 12.9. The zero-order valence-electron chi connectivity index (χ0n) is 15.0. The van der Waals surface area contributed by atoms with Gasteiger partial charge in [0.15, 0.2) is 5.16 Å². The lowest BCUT2D eigenvalue weighted by Gasteiger charge is -2.18. The monoisotopic (exact) mass is 359 g/mol. The van der Waals surface area contributed by atoms with Crippen LogP contribution in [0, 0.1) is 5.92 Å². The van der Waals surface area contributed by atoms with E-state index in [2.05, 4.69) is 17.2 Å². The summed E-state index contributed by atoms with van der Waals surface area (Å²) in [6, 6.07) is 7.65. The van der Waals surface area contributed by atoms with E-state index in [0.29, 0.717) is 22.0 Å². The number of hydrogen-bond donors (Lipinski definition) is 1. The minimum atomic E-state index is -0.0331. The highest BCUT2D eigenvalue weighted by molar-refractivity contribution is 7.99. The Balaban J connectivity index is 1.83. The van der Waals surface area contributed by atoms with Gasteiger partial charge in [-0.15, -0.1) is 0 Å². The summed E-state index contributed by atoms with van der Waals surface area (Å²) in [5.41, 5.74) is 0.649. The van der Waals surface area contributed by atoms with Crippen molar-refractivity contribution in [2.24, 2.45) is 5.92 Å². The smallest absolute Gasteiger partial charge is 0.262 e. The number of para-hydroxylation sites is 1. The van der Waals surface area contributed by atoms with E-state index in [-0.39, 0.29) is 29.3 Å². The van der Waals surface area contributed by atoms with E-state index >= 15 is 0 Å². The number of nitrogens with zero attached hydrogens (tertiary/aromatic N) is 2. The summed E-state index contributed by atoms with van der Waals surface area (Å²) in [5, 5.41) is 4.29. The molecule has 5 nitrogen and oxygen atoms in total. The summed E-state index contributed by atoms with van der Waals surface area (Å²) in [7, 11) is 0. The highest BCUT2D eigenvalue weighted by Gasteiger charge is 2.29. The highest BCUT2D eigenvalue weighted by Crippen LogP contribution is 2.32. The molecular formula is C19H25N3O2S. The molecule has 134 valence electrons. The molecule has 0 aliphatic heterocycles. The molecule has 25 heavy (non-hydrogen) atoms. The highest BCUT2D eigenvalue weighted by atomic mass is 32.2. The molecule has 1 aliphatic carbocycles. The predicted octanol–water partition coefficient (Wildman–Crippen LogP) is 3.37. The maximum Gasteiger partial charge on any atom is 0.262 e. The van der Waals surface area contributed by atoms with Gasteiger partial charge in [-0.05, 0) is 51.2 Å². The first kappa shape index (κ1) is 18.0. The lowest BCUT2D eigenvalue weighted by Crippen LogP contribution is -2.35. The van der Waals surface area contributed by atoms with Crippen molar-refractivity contribution in [2.45, 2.75) is 57.3 Å². The first-order valence-corrected chi connectivity index (χ1v) is 9.93. The molecule has 1 aliphatic rings. The van der Waals surface area contributed by atoms with Crippen molar-refractivity contribution in [3.63, 3.8) is 0 Å². The van der Waals surface area contributed by atoms with Crippen molar-refractivity contribution >= 4 is 28.6 Å². The second-order valence-corrected chi connectivity index (χ2v) is 7.77. The number of aromatic nitrogens is 2. The molecule has 1 amide bonds. The van der Waals surface area contributed by atoms with Gasteiger partial charge in [0.1, 0.15) is 0 Å². The van der Waals surface area contributed by atoms with Gasteiger partial charge in [0, 0.05) is 12.1 Å². The van der Waals surface area contributed by atoms with E-state index < -0.39 is 0 Å². The van der Waals surface area contributed by atoms with Crippen LogP contribution in [-0.2, 0) is 4.79 Å². The zero-order chi connectivity index (χ0) is 18.0. The Hall–Kier alpha value is -1.82. The number of amides is 1. The third-order valence-corrected chi connectivity index (χ3v) is 5.81. The Morgan fingerprint density at radius 1 is 1.36 bits per heavy atom. The number of fused-ring (bicyclic) bond motifs is 1. The van der Waals surface area contributed by atoms with Gasteiger partial charge in [0.25, 0.3) is 5.56 Å². The van der Waals surface area contributed by atoms with Crippen LogP contribution < -0.4 is 10.9 Å². The molecule has 6 heteroatoms. The SMILES string of the molecule is CC[C@H](C)n1c(SCC(=O)N[C@@H](C)C2CC2)nc2ccccc2c1=O. The third-order valence-electron chi connectivity index (χ3n) is 4.86. The minimum Gasteiger partial charge on any atom is -0.353 e. The molecule has 1 heterocycles. The summed E-state index contributed by atoms with van der Waals surface area (Å²) in [5.74, 6) is 0.909. The summed E-state index contributed by atoms with van der Waals surface area (Å²) in [6.07, 6.45) is 3.24. The maximum absolute atomic E-state index is 12.9. The Bertz CT molecular complexity index is 829. The molecule has 0 spiro atoms. The lowest BCUT2D eigenvalue weighted by molar-refractivity contribution is -0.119. The van der Waals surface area contributed by atoms with Gasteiger partial charge in [0.2, 0.25) is 5.91 Å². The van der Waals surface area contributed by atoms with Gasteiger partial charge >= 0.3 is 0 Å². The molecule has 0 saturated heterocycles. The average molecular weight is 359 g/mol. The van der Waals surface area contributed by atoms with Gasteiger partial charge < -0.3 is 5.32 Å². The second-order valence-electron chi connectivity index (χ2n) is 6.83. The molecule has 3 rings (SSSR count). The van der Waals surface area contributed by atoms with Crippen LogP contribution in [0.15, 0.2) is 34.2 Å². The number of nitrogens with one attached hydrogen (secondary N) is 1. The topological polar surface area (TPSA) is 64.0 Å². The zero-order valence-corrected chi connectivity index (χ0v) is 15.8. The fourth-order valence-electron chi connectivity index (χ4n) is 2.94. The van der Waals surface area contributed by atoms with E-state index in [4.69, 9.17) is 0 Å². The summed E-state index contributed by atoms with van der Waals surface area (Å²) >= 11 is 1.34. The quantitative estimate of drug-likeness (QED) is 0.608. The van der Waals surface area contributed by atoms with E-state index in [1.165, 1.54) is 24.6 Å². The Labute approximate surface area is 152 Å². The van der Waals surface area contributed by atoms with Crippen molar-refractivity contribution in [1.29, 1.82) is 0 Å². The van der Waals surface area contributed by atoms with E-state index in [9.17, 15) is 9.59 Å². The van der Waals surface area contributed by atoms with Crippen molar-refractivity contribution in [3.8, 4) is 0 Å². The van der Waals surface area contributed by atoms with Crippen molar-refractivity contribution in [1.82, 2.24) is 14.9 Å². The molecule has 0 unspecified atom stereocenters. The van der Waals surface area contributed by atoms with Crippen LogP contribution in [0.25, 0.3) is 10.9 Å². The standard InChI is InChI=1S/C19H25N3O2S/c1-4-12(2)22-18(24)15-7-5-6-8-16(15)21-19(22)25-11-17(23)20-13(3)14-9-10-14/h5-8,12-14H,4,9-11H2,1-3H3,(H,20,23)/t12-,13-/m0/s1. The van der Waals surface area contributed by atoms with Gasteiger partial charge in [-0.2, -0.15) is 0 Å². The van der Waals surface area contributed by atoms with E-state index in [1.54, 1.807) is 4.57 Å². The number of benzene rings is 1. The fourth-order valence-corrected chi connectivity index (χ4v) is 3.85. The van der Waals surface area contributed by atoms with Crippen molar-refractivity contribution < 1.29 is 4.79 Å². The number of carbonyl (C=O) groups excluding carboxylic acids is 1. The van der Waals surface area contributed by atoms with Gasteiger partial charge in [-0.25, -0.2) is 4.98 Å². The lowest BCUT2D eigenvalue weighted by atomic mass is 10.2. The molecule has 1 fully saturated rings. The van der Waals surface area contributed by atoms with Crippen LogP contribution >= 0.6 is 11.8 Å². The second kappa shape index (κ2) is 7.60. The Kier molecular flexibility index (Phi) is 5.47. The van der Waals surface area contributed by atoms with Gasteiger partial charge in [0.05, 0.1) is 16.7 Å². The first-order valence-electron chi connectivity index (χ1n) is 8.94. The predicted molar refractivity (Wildman–Crippen MR) is 102 cm³/mol. The number of carbonyl (C=O) groups is 1.